The number of aromatic nitrogens is 1. The molecule has 0 spiro atoms. The van der Waals surface area contributed by atoms with E-state index >= 15 is 0 Å². The fraction of sp³-hybridized carbons (Fsp3) is 0. The highest BCUT2D eigenvalue weighted by atomic mass is 127. The van der Waals surface area contributed by atoms with Crippen molar-refractivity contribution in [3.8, 4) is 11.6 Å². The molecule has 0 bridgehead atoms. The maximum atomic E-state index is 10.9. The number of halogens is 1. The van der Waals surface area contributed by atoms with Crippen LogP contribution in [0.15, 0.2) is 36.5 Å². The normalized spacial score (nSPS) is 10.1. The van der Waals surface area contributed by atoms with Gasteiger partial charge in [0.1, 0.15) is 11.4 Å². The fourth-order valence-corrected chi connectivity index (χ4v) is 1.85. The summed E-state index contributed by atoms with van der Waals surface area (Å²) in [7, 11) is 0. The van der Waals surface area contributed by atoms with Gasteiger partial charge in [0.15, 0.2) is 0 Å². The molecule has 0 unspecified atom stereocenters. The lowest BCUT2D eigenvalue weighted by atomic mass is 10.2. The summed E-state index contributed by atoms with van der Waals surface area (Å²) in [5, 5.41) is 8.95. The molecule has 6 heteroatoms. The topological polar surface area (TPSA) is 85.4 Å². The van der Waals surface area contributed by atoms with E-state index in [1.54, 1.807) is 6.07 Å². The van der Waals surface area contributed by atoms with Crippen molar-refractivity contribution in [2.24, 2.45) is 0 Å². The molecule has 2 aromatic rings. The lowest BCUT2D eigenvalue weighted by molar-refractivity contribution is 0.0697. The zero-order valence-corrected chi connectivity index (χ0v) is 11.3. The molecule has 0 fully saturated rings. The molecule has 3 N–H and O–H groups in total. The maximum absolute atomic E-state index is 10.9. The van der Waals surface area contributed by atoms with Crippen LogP contribution in [0.3, 0.4) is 0 Å². The zero-order chi connectivity index (χ0) is 13.1. The van der Waals surface area contributed by atoms with Crippen molar-refractivity contribution in [2.45, 2.75) is 0 Å². The average molecular weight is 356 g/mol. The summed E-state index contributed by atoms with van der Waals surface area (Å²) in [6.07, 6.45) is 1.35. The molecule has 0 radical (unpaired) electrons. The number of nitrogen functional groups attached to an aromatic ring is 1. The van der Waals surface area contributed by atoms with E-state index in [0.717, 1.165) is 3.57 Å². The van der Waals surface area contributed by atoms with Crippen molar-refractivity contribution in [3.05, 3.63) is 45.7 Å². The fourth-order valence-electron chi connectivity index (χ4n) is 1.35. The minimum atomic E-state index is -1.11. The summed E-state index contributed by atoms with van der Waals surface area (Å²) in [4.78, 5) is 14.9. The summed E-state index contributed by atoms with van der Waals surface area (Å²) in [5.74, 6) is -0.429. The van der Waals surface area contributed by atoms with E-state index in [2.05, 4.69) is 27.6 Å². The van der Waals surface area contributed by atoms with Crippen LogP contribution in [-0.2, 0) is 0 Å². The number of rotatable bonds is 3. The second-order valence-electron chi connectivity index (χ2n) is 3.41. The Morgan fingerprint density at radius 2 is 2.06 bits per heavy atom. The molecule has 0 aliphatic rings. The molecule has 0 aliphatic heterocycles. The number of carbonyl (C=O) groups is 1. The third-order valence-electron chi connectivity index (χ3n) is 2.23. The monoisotopic (exact) mass is 356 g/mol. The largest absolute Gasteiger partial charge is 0.478 e. The van der Waals surface area contributed by atoms with Gasteiger partial charge in [-0.2, -0.15) is 0 Å². The van der Waals surface area contributed by atoms with Crippen molar-refractivity contribution < 1.29 is 14.6 Å². The molecular formula is C12H9IN2O3. The van der Waals surface area contributed by atoms with Gasteiger partial charge in [0, 0.05) is 6.20 Å². The van der Waals surface area contributed by atoms with Gasteiger partial charge in [0.2, 0.25) is 5.88 Å². The summed E-state index contributed by atoms with van der Waals surface area (Å²) < 4.78 is 6.41. The predicted octanol–water partition coefficient (Wildman–Crippen LogP) is 2.76. The molecule has 0 aliphatic carbocycles. The number of hydrogen-bond acceptors (Lipinski definition) is 4. The lowest BCUT2D eigenvalue weighted by Gasteiger charge is -2.09. The van der Waals surface area contributed by atoms with Crippen molar-refractivity contribution in [3.63, 3.8) is 0 Å². The molecule has 0 atom stereocenters. The Morgan fingerprint density at radius 3 is 2.72 bits per heavy atom. The van der Waals surface area contributed by atoms with Crippen LogP contribution in [0.1, 0.15) is 10.4 Å². The van der Waals surface area contributed by atoms with Crippen LogP contribution in [-0.4, -0.2) is 16.1 Å². The number of pyridine rings is 1. The quantitative estimate of drug-likeness (QED) is 0.826. The number of benzene rings is 1. The Bertz CT molecular complexity index is 602. The Morgan fingerprint density at radius 1 is 1.33 bits per heavy atom. The molecule has 0 amide bonds. The highest BCUT2D eigenvalue weighted by Gasteiger charge is 2.14. The lowest BCUT2D eigenvalue weighted by Crippen LogP contribution is -2.05. The van der Waals surface area contributed by atoms with E-state index in [1.165, 1.54) is 12.3 Å². The third kappa shape index (κ3) is 2.53. The van der Waals surface area contributed by atoms with Crippen molar-refractivity contribution in [2.75, 3.05) is 5.73 Å². The summed E-state index contributed by atoms with van der Waals surface area (Å²) in [6.45, 7) is 0. The van der Waals surface area contributed by atoms with Crippen LogP contribution in [0.5, 0.6) is 11.6 Å². The molecule has 0 saturated heterocycles. The molecule has 1 aromatic heterocycles. The molecule has 1 heterocycles. The number of carboxylic acid groups (broad SMARTS) is 1. The highest BCUT2D eigenvalue weighted by Crippen LogP contribution is 2.30. The van der Waals surface area contributed by atoms with E-state index in [9.17, 15) is 4.79 Å². The standard InChI is InChI=1S/C12H9IN2O3/c13-8-3-1-2-4-9(8)18-11-10(14)7(12(16)17)5-6-15-11/h1-6H,14H2,(H,16,17). The van der Waals surface area contributed by atoms with Gasteiger partial charge in [-0.25, -0.2) is 9.78 Å². The van der Waals surface area contributed by atoms with Gasteiger partial charge in [0.05, 0.1) is 9.13 Å². The van der Waals surface area contributed by atoms with Gasteiger partial charge in [-0.05, 0) is 40.8 Å². The number of ether oxygens (including phenoxy) is 1. The van der Waals surface area contributed by atoms with Crippen molar-refractivity contribution in [1.82, 2.24) is 4.98 Å². The third-order valence-corrected chi connectivity index (χ3v) is 3.12. The Kier molecular flexibility index (Phi) is 3.66. The minimum Gasteiger partial charge on any atom is -0.478 e. The maximum Gasteiger partial charge on any atom is 0.338 e. The molecular weight excluding hydrogens is 347 g/mol. The number of aromatic carboxylic acids is 1. The summed E-state index contributed by atoms with van der Waals surface area (Å²) in [5.41, 5.74) is 5.71. The minimum absolute atomic E-state index is 0.0182. The smallest absolute Gasteiger partial charge is 0.338 e. The first kappa shape index (κ1) is 12.6. The van der Waals surface area contributed by atoms with Crippen molar-refractivity contribution >= 4 is 34.2 Å². The number of carboxylic acids is 1. The van der Waals surface area contributed by atoms with Crippen LogP contribution in [0.4, 0.5) is 5.69 Å². The molecule has 1 aromatic carbocycles. The van der Waals surface area contributed by atoms with Crippen LogP contribution >= 0.6 is 22.6 Å². The van der Waals surface area contributed by atoms with Crippen LogP contribution < -0.4 is 10.5 Å². The second-order valence-corrected chi connectivity index (χ2v) is 4.58. The zero-order valence-electron chi connectivity index (χ0n) is 9.13. The Balaban J connectivity index is 2.39. The van der Waals surface area contributed by atoms with Gasteiger partial charge >= 0.3 is 5.97 Å². The Labute approximate surface area is 117 Å². The number of nitrogens with two attached hydrogens (primary N) is 1. The van der Waals surface area contributed by atoms with Crippen molar-refractivity contribution in [1.29, 1.82) is 0 Å². The van der Waals surface area contributed by atoms with E-state index in [-0.39, 0.29) is 17.1 Å². The number of anilines is 1. The van der Waals surface area contributed by atoms with Crippen LogP contribution in [0.2, 0.25) is 0 Å². The first-order chi connectivity index (χ1) is 8.59. The summed E-state index contributed by atoms with van der Waals surface area (Å²) >= 11 is 2.11. The molecule has 5 nitrogen and oxygen atoms in total. The first-order valence-electron chi connectivity index (χ1n) is 4.99. The highest BCUT2D eigenvalue weighted by molar-refractivity contribution is 14.1. The molecule has 2 rings (SSSR count). The Hall–Kier alpha value is -1.83. The van der Waals surface area contributed by atoms with Gasteiger partial charge < -0.3 is 15.6 Å². The van der Waals surface area contributed by atoms with Gasteiger partial charge in [-0.1, -0.05) is 12.1 Å². The van der Waals surface area contributed by atoms with Crippen LogP contribution in [0.25, 0.3) is 0 Å². The predicted molar refractivity (Wildman–Crippen MR) is 74.8 cm³/mol. The van der Waals surface area contributed by atoms with E-state index in [4.69, 9.17) is 15.6 Å². The van der Waals surface area contributed by atoms with Gasteiger partial charge in [-0.3, -0.25) is 0 Å². The molecule has 92 valence electrons. The number of nitrogens with zero attached hydrogens (tertiary/aromatic N) is 1. The van der Waals surface area contributed by atoms with Gasteiger partial charge in [-0.15, -0.1) is 0 Å². The number of para-hydroxylation sites is 1. The number of hydrogen-bond donors (Lipinski definition) is 2. The average Bonchev–Trinajstić information content (AvgIpc) is 2.34. The summed E-state index contributed by atoms with van der Waals surface area (Å²) in [6, 6.07) is 8.65. The van der Waals surface area contributed by atoms with E-state index in [1.807, 2.05) is 18.2 Å². The van der Waals surface area contributed by atoms with Gasteiger partial charge in [0.25, 0.3) is 0 Å². The SMILES string of the molecule is Nc1c(C(=O)O)ccnc1Oc1ccccc1I. The van der Waals surface area contributed by atoms with Crippen LogP contribution in [0, 0.1) is 3.57 Å². The van der Waals surface area contributed by atoms with E-state index in [0.29, 0.717) is 5.75 Å². The van der Waals surface area contributed by atoms with E-state index < -0.39 is 5.97 Å². The molecule has 0 saturated carbocycles. The first-order valence-corrected chi connectivity index (χ1v) is 6.07. The molecule has 18 heavy (non-hydrogen) atoms. The second kappa shape index (κ2) is 5.21.